The van der Waals surface area contributed by atoms with Crippen LogP contribution in [0.1, 0.15) is 77.9 Å². The Bertz CT molecular complexity index is 1470. The fourth-order valence-electron chi connectivity index (χ4n) is 5.77. The number of halogens is 2. The lowest BCUT2D eigenvalue weighted by Gasteiger charge is -2.33. The second-order valence-electron chi connectivity index (χ2n) is 12.4. The summed E-state index contributed by atoms with van der Waals surface area (Å²) < 4.78 is 28.3. The number of hydrogen-bond donors (Lipinski definition) is 4. The van der Waals surface area contributed by atoms with E-state index in [2.05, 4.69) is 10.6 Å². The predicted molar refractivity (Wildman–Crippen MR) is 178 cm³/mol. The zero-order chi connectivity index (χ0) is 34.7. The summed E-state index contributed by atoms with van der Waals surface area (Å²) in [7, 11) is 0. The normalized spacial score (nSPS) is 13.8. The first-order valence-electron chi connectivity index (χ1n) is 16.2. The molecule has 4 N–H and O–H groups in total. The van der Waals surface area contributed by atoms with E-state index >= 15 is 0 Å². The lowest BCUT2D eigenvalue weighted by atomic mass is 9.83. The van der Waals surface area contributed by atoms with Crippen LogP contribution in [0.4, 0.5) is 8.78 Å². The maximum Gasteiger partial charge on any atom is 0.253 e. The van der Waals surface area contributed by atoms with Gasteiger partial charge in [-0.05, 0) is 79.1 Å². The van der Waals surface area contributed by atoms with Crippen molar-refractivity contribution >= 4 is 17.7 Å². The van der Waals surface area contributed by atoms with Gasteiger partial charge < -0.3 is 25.7 Å². The second kappa shape index (κ2) is 17.7. The summed E-state index contributed by atoms with van der Waals surface area (Å²) in [6.07, 6.45) is -2.08. The van der Waals surface area contributed by atoms with Crippen LogP contribution >= 0.6 is 0 Å². The zero-order valence-corrected chi connectivity index (χ0v) is 27.8. The molecule has 0 aromatic heterocycles. The summed E-state index contributed by atoms with van der Waals surface area (Å²) in [5.41, 5.74) is 2.10. The molecule has 8 nitrogen and oxygen atoms in total. The summed E-state index contributed by atoms with van der Waals surface area (Å²) in [4.78, 5) is 42.1. The smallest absolute Gasteiger partial charge is 0.253 e. The molecule has 0 heterocycles. The van der Waals surface area contributed by atoms with Gasteiger partial charge in [0.1, 0.15) is 17.7 Å². The lowest BCUT2D eigenvalue weighted by molar-refractivity contribution is -0.135. The van der Waals surface area contributed by atoms with Crippen LogP contribution in [-0.2, 0) is 17.8 Å². The van der Waals surface area contributed by atoms with Crippen molar-refractivity contribution < 1.29 is 33.4 Å². The number of carbonyl (C=O) groups is 3. The second-order valence-corrected chi connectivity index (χ2v) is 12.4. The molecule has 0 spiro atoms. The maximum atomic E-state index is 14.1. The SMILES string of the molecule is CCCN(CCC)C(=O)c1cc(C)cc(C(=O)NC(Cc2cc(F)cc(F)c2)C(O)C(O)C(C(=O)NCc2ccccc2)C(C)C)c1. The molecule has 3 aromatic rings. The Hall–Kier alpha value is -4.15. The van der Waals surface area contributed by atoms with Gasteiger partial charge in [-0.3, -0.25) is 14.4 Å². The number of rotatable bonds is 16. The molecule has 0 saturated heterocycles. The Morgan fingerprint density at radius 3 is 1.98 bits per heavy atom. The number of amides is 3. The number of hydrogen-bond acceptors (Lipinski definition) is 5. The van der Waals surface area contributed by atoms with Gasteiger partial charge in [0.05, 0.1) is 18.1 Å². The molecule has 3 amide bonds. The van der Waals surface area contributed by atoms with Crippen molar-refractivity contribution in [1.29, 1.82) is 0 Å². The molecule has 47 heavy (non-hydrogen) atoms. The number of nitrogens with zero attached hydrogens (tertiary/aromatic N) is 1. The van der Waals surface area contributed by atoms with Gasteiger partial charge in [-0.1, -0.05) is 58.0 Å². The maximum absolute atomic E-state index is 14.1. The highest BCUT2D eigenvalue weighted by atomic mass is 19.1. The minimum Gasteiger partial charge on any atom is -0.390 e. The van der Waals surface area contributed by atoms with E-state index in [0.29, 0.717) is 30.3 Å². The van der Waals surface area contributed by atoms with E-state index in [9.17, 15) is 33.4 Å². The molecule has 4 atom stereocenters. The minimum atomic E-state index is -1.71. The average Bonchev–Trinajstić information content (AvgIpc) is 3.02. The third-order valence-electron chi connectivity index (χ3n) is 8.02. The predicted octanol–water partition coefficient (Wildman–Crippen LogP) is 5.19. The van der Waals surface area contributed by atoms with Gasteiger partial charge in [0, 0.05) is 36.8 Å². The zero-order valence-electron chi connectivity index (χ0n) is 27.8. The van der Waals surface area contributed by atoms with E-state index < -0.39 is 53.5 Å². The van der Waals surface area contributed by atoms with Crippen LogP contribution < -0.4 is 10.6 Å². The van der Waals surface area contributed by atoms with Gasteiger partial charge in [-0.25, -0.2) is 8.78 Å². The standard InChI is InChI=1S/C37H47F2N3O5/c1-6-13-42(14-7-2)37(47)28-16-24(5)15-27(20-28)35(45)41-31(19-26-17-29(38)21-30(39)18-26)33(43)34(44)32(23(3)4)36(46)40-22-25-11-9-8-10-12-25/h8-12,15-18,20-21,23,31-34,43-44H,6-7,13-14,19,22H2,1-5H3,(H,40,46)(H,41,45). The fourth-order valence-corrected chi connectivity index (χ4v) is 5.77. The van der Waals surface area contributed by atoms with Crippen LogP contribution in [0.25, 0.3) is 0 Å². The fraction of sp³-hybridized carbons (Fsp3) is 0.432. The highest BCUT2D eigenvalue weighted by Crippen LogP contribution is 2.23. The Kier molecular flexibility index (Phi) is 14.0. The van der Waals surface area contributed by atoms with E-state index in [1.807, 2.05) is 44.2 Å². The van der Waals surface area contributed by atoms with Crippen molar-refractivity contribution in [1.82, 2.24) is 15.5 Å². The van der Waals surface area contributed by atoms with E-state index in [-0.39, 0.29) is 30.0 Å². The summed E-state index contributed by atoms with van der Waals surface area (Å²) in [6.45, 7) is 10.5. The molecule has 3 rings (SSSR count). The number of aliphatic hydroxyl groups excluding tert-OH is 2. The van der Waals surface area contributed by atoms with E-state index in [1.54, 1.807) is 37.8 Å². The van der Waals surface area contributed by atoms with Crippen molar-refractivity contribution in [2.45, 2.75) is 78.7 Å². The molecule has 4 unspecified atom stereocenters. The average molecular weight is 652 g/mol. The molecule has 0 aliphatic carbocycles. The number of benzene rings is 3. The first-order chi connectivity index (χ1) is 22.3. The number of nitrogens with one attached hydrogen (secondary N) is 2. The van der Waals surface area contributed by atoms with Gasteiger partial charge >= 0.3 is 0 Å². The minimum absolute atomic E-state index is 0.128. The number of carbonyl (C=O) groups excluding carboxylic acids is 3. The number of aliphatic hydroxyl groups is 2. The van der Waals surface area contributed by atoms with Crippen LogP contribution in [-0.4, -0.2) is 64.2 Å². The molecule has 0 saturated carbocycles. The third-order valence-corrected chi connectivity index (χ3v) is 8.02. The Morgan fingerprint density at radius 2 is 1.40 bits per heavy atom. The van der Waals surface area contributed by atoms with E-state index in [0.717, 1.165) is 30.5 Å². The third kappa shape index (κ3) is 10.7. The first kappa shape index (κ1) is 37.3. The summed E-state index contributed by atoms with van der Waals surface area (Å²) >= 11 is 0. The largest absolute Gasteiger partial charge is 0.390 e. The molecular formula is C37H47F2N3O5. The van der Waals surface area contributed by atoms with Crippen molar-refractivity contribution in [3.05, 3.63) is 106 Å². The van der Waals surface area contributed by atoms with Crippen LogP contribution in [0.2, 0.25) is 0 Å². The Morgan fingerprint density at radius 1 is 0.809 bits per heavy atom. The molecule has 0 aliphatic rings. The first-order valence-corrected chi connectivity index (χ1v) is 16.2. The van der Waals surface area contributed by atoms with Crippen molar-refractivity contribution in [3.8, 4) is 0 Å². The molecule has 0 radical (unpaired) electrons. The molecule has 0 aliphatic heterocycles. The van der Waals surface area contributed by atoms with E-state index in [1.165, 1.54) is 6.07 Å². The van der Waals surface area contributed by atoms with Crippen molar-refractivity contribution in [2.75, 3.05) is 13.1 Å². The molecule has 0 fully saturated rings. The van der Waals surface area contributed by atoms with E-state index in [4.69, 9.17) is 0 Å². The molecular weight excluding hydrogens is 604 g/mol. The molecule has 3 aromatic carbocycles. The molecule has 254 valence electrons. The van der Waals surface area contributed by atoms with Gasteiger partial charge in [0.2, 0.25) is 5.91 Å². The van der Waals surface area contributed by atoms with Gasteiger partial charge in [0.15, 0.2) is 0 Å². The van der Waals surface area contributed by atoms with Gasteiger partial charge in [-0.15, -0.1) is 0 Å². The molecule has 0 bridgehead atoms. The van der Waals surface area contributed by atoms with Gasteiger partial charge in [0.25, 0.3) is 11.8 Å². The molecule has 10 heteroatoms. The Labute approximate surface area is 276 Å². The monoisotopic (exact) mass is 651 g/mol. The van der Waals surface area contributed by atoms with Crippen LogP contribution in [0.5, 0.6) is 0 Å². The lowest BCUT2D eigenvalue weighted by Crippen LogP contribution is -2.55. The summed E-state index contributed by atoms with van der Waals surface area (Å²) in [5, 5.41) is 28.5. The van der Waals surface area contributed by atoms with Crippen LogP contribution in [0, 0.1) is 30.4 Å². The van der Waals surface area contributed by atoms with Crippen LogP contribution in [0.15, 0.2) is 66.7 Å². The van der Waals surface area contributed by atoms with Crippen molar-refractivity contribution in [2.24, 2.45) is 11.8 Å². The summed E-state index contributed by atoms with van der Waals surface area (Å²) in [6, 6.07) is 15.6. The van der Waals surface area contributed by atoms with Crippen molar-refractivity contribution in [3.63, 3.8) is 0 Å². The quantitative estimate of drug-likeness (QED) is 0.170. The highest BCUT2D eigenvalue weighted by Gasteiger charge is 2.39. The summed E-state index contributed by atoms with van der Waals surface area (Å²) in [5.74, 6) is -4.56. The number of aryl methyl sites for hydroxylation is 1. The highest BCUT2D eigenvalue weighted by molar-refractivity contribution is 6.00. The van der Waals surface area contributed by atoms with Gasteiger partial charge in [-0.2, -0.15) is 0 Å². The van der Waals surface area contributed by atoms with Crippen LogP contribution in [0.3, 0.4) is 0 Å². The topological polar surface area (TPSA) is 119 Å². The Balaban J connectivity index is 1.92.